The monoisotopic (exact) mass is 322 g/mol. The van der Waals surface area contributed by atoms with Gasteiger partial charge in [-0.2, -0.15) is 0 Å². The van der Waals surface area contributed by atoms with Crippen LogP contribution in [0.1, 0.15) is 30.6 Å². The average molecular weight is 323 g/mol. The molecule has 1 aromatic heterocycles. The molecule has 1 N–H and O–H groups in total. The van der Waals surface area contributed by atoms with Crippen LogP contribution >= 0.6 is 15.9 Å². The molecule has 0 aliphatic rings. The third kappa shape index (κ3) is 3.53. The Morgan fingerprint density at radius 1 is 1.32 bits per heavy atom. The van der Waals surface area contributed by atoms with E-state index >= 15 is 0 Å². The summed E-state index contributed by atoms with van der Waals surface area (Å²) in [6.07, 6.45) is 2.14. The summed E-state index contributed by atoms with van der Waals surface area (Å²) in [7, 11) is 0. The predicted molar refractivity (Wildman–Crippen MR) is 79.7 cm³/mol. The van der Waals surface area contributed by atoms with Crippen molar-refractivity contribution in [3.05, 3.63) is 58.1 Å². The number of nitrogens with zero attached hydrogens (tertiary/aromatic N) is 1. The molecule has 4 heteroatoms. The smallest absolute Gasteiger partial charge is 0.141 e. The highest BCUT2D eigenvalue weighted by atomic mass is 79.9. The van der Waals surface area contributed by atoms with Crippen LogP contribution in [0.5, 0.6) is 0 Å². The number of aryl methyl sites for hydroxylation is 1. The van der Waals surface area contributed by atoms with Crippen molar-refractivity contribution in [2.75, 3.05) is 5.32 Å². The number of anilines is 1. The van der Waals surface area contributed by atoms with Gasteiger partial charge in [-0.25, -0.2) is 4.39 Å². The van der Waals surface area contributed by atoms with Crippen LogP contribution in [-0.2, 0) is 0 Å². The summed E-state index contributed by atoms with van der Waals surface area (Å²) in [4.78, 5) is 4.15. The lowest BCUT2D eigenvalue weighted by atomic mass is 10.1. The van der Waals surface area contributed by atoms with E-state index in [0.29, 0.717) is 0 Å². The number of benzene rings is 1. The molecule has 0 aliphatic heterocycles. The molecule has 1 atom stereocenters. The molecule has 19 heavy (non-hydrogen) atoms. The summed E-state index contributed by atoms with van der Waals surface area (Å²) in [6, 6.07) is 9.36. The maximum absolute atomic E-state index is 12.9. The number of aromatic nitrogens is 1. The number of hydrogen-bond donors (Lipinski definition) is 1. The molecule has 0 fully saturated rings. The lowest BCUT2D eigenvalue weighted by molar-refractivity contribution is 0.614. The van der Waals surface area contributed by atoms with Crippen LogP contribution in [0.2, 0.25) is 0 Å². The molecule has 1 heterocycles. The average Bonchev–Trinajstić information content (AvgIpc) is 2.41. The quantitative estimate of drug-likeness (QED) is 0.869. The Bertz CT molecular complexity index is 555. The second-order valence-electron chi connectivity index (χ2n) is 4.47. The van der Waals surface area contributed by atoms with Crippen molar-refractivity contribution in [3.8, 4) is 0 Å². The minimum Gasteiger partial charge on any atom is -0.376 e. The van der Waals surface area contributed by atoms with Crippen molar-refractivity contribution in [1.29, 1.82) is 0 Å². The summed E-state index contributed by atoms with van der Waals surface area (Å²) < 4.78 is 13.9. The molecular formula is C15H16BrFN2. The second-order valence-corrected chi connectivity index (χ2v) is 5.38. The van der Waals surface area contributed by atoms with Crippen molar-refractivity contribution >= 4 is 21.6 Å². The third-order valence-corrected chi connectivity index (χ3v) is 3.54. The van der Waals surface area contributed by atoms with Gasteiger partial charge >= 0.3 is 0 Å². The Morgan fingerprint density at radius 3 is 2.74 bits per heavy atom. The summed E-state index contributed by atoms with van der Waals surface area (Å²) in [6.45, 7) is 4.13. The maximum atomic E-state index is 12.9. The van der Waals surface area contributed by atoms with Crippen LogP contribution in [0, 0.1) is 12.7 Å². The lowest BCUT2D eigenvalue weighted by Gasteiger charge is -2.19. The van der Waals surface area contributed by atoms with Crippen molar-refractivity contribution < 1.29 is 4.39 Å². The van der Waals surface area contributed by atoms with Crippen molar-refractivity contribution in [2.24, 2.45) is 0 Å². The van der Waals surface area contributed by atoms with E-state index < -0.39 is 0 Å². The molecular weight excluding hydrogens is 307 g/mol. The molecule has 1 aromatic carbocycles. The van der Waals surface area contributed by atoms with E-state index in [4.69, 9.17) is 0 Å². The summed E-state index contributed by atoms with van der Waals surface area (Å²) in [5.41, 5.74) is 3.08. The topological polar surface area (TPSA) is 24.9 Å². The zero-order valence-corrected chi connectivity index (χ0v) is 12.5. The minimum absolute atomic E-state index is 0.0774. The number of halogens is 2. The molecule has 0 aliphatic carbocycles. The van der Waals surface area contributed by atoms with Crippen LogP contribution in [0.15, 0.2) is 41.0 Å². The number of pyridine rings is 1. The van der Waals surface area contributed by atoms with Crippen LogP contribution in [0.25, 0.3) is 0 Å². The van der Waals surface area contributed by atoms with Gasteiger partial charge in [0.2, 0.25) is 0 Å². The Labute approximate surface area is 121 Å². The van der Waals surface area contributed by atoms with Crippen LogP contribution in [0.4, 0.5) is 10.1 Å². The minimum atomic E-state index is -0.308. The van der Waals surface area contributed by atoms with Crippen molar-refractivity contribution in [3.63, 3.8) is 0 Å². The summed E-state index contributed by atoms with van der Waals surface area (Å²) >= 11 is 3.47. The van der Waals surface area contributed by atoms with E-state index in [-0.39, 0.29) is 11.9 Å². The van der Waals surface area contributed by atoms with Gasteiger partial charge in [0.15, 0.2) is 0 Å². The Balaban J connectivity index is 2.23. The van der Waals surface area contributed by atoms with Crippen LogP contribution in [-0.4, -0.2) is 4.98 Å². The molecule has 2 aromatic rings. The van der Waals surface area contributed by atoms with Gasteiger partial charge in [0.25, 0.3) is 0 Å². The number of hydrogen-bond acceptors (Lipinski definition) is 2. The van der Waals surface area contributed by atoms with Crippen molar-refractivity contribution in [1.82, 2.24) is 4.98 Å². The largest absolute Gasteiger partial charge is 0.376 e. The SMILES string of the molecule is CCC(Nc1cc(Br)ccc1C)c1ccc(F)cn1. The third-order valence-electron chi connectivity index (χ3n) is 3.04. The highest BCUT2D eigenvalue weighted by Crippen LogP contribution is 2.26. The number of rotatable bonds is 4. The molecule has 2 nitrogen and oxygen atoms in total. The van der Waals surface area contributed by atoms with Gasteiger partial charge in [0.1, 0.15) is 5.82 Å². The molecule has 0 saturated heterocycles. The molecule has 0 bridgehead atoms. The highest BCUT2D eigenvalue weighted by Gasteiger charge is 2.12. The van der Waals surface area contributed by atoms with Gasteiger partial charge in [0.05, 0.1) is 17.9 Å². The maximum Gasteiger partial charge on any atom is 0.141 e. The molecule has 100 valence electrons. The van der Waals surface area contributed by atoms with Crippen molar-refractivity contribution in [2.45, 2.75) is 26.3 Å². The van der Waals surface area contributed by atoms with Gasteiger partial charge in [-0.3, -0.25) is 4.98 Å². The standard InChI is InChI=1S/C15H16BrFN2/c1-3-13(14-7-6-12(17)9-18-14)19-15-8-11(16)5-4-10(15)2/h4-9,13,19H,3H2,1-2H3. The Kier molecular flexibility index (Phi) is 4.53. The Hall–Kier alpha value is -1.42. The molecule has 2 rings (SSSR count). The fourth-order valence-corrected chi connectivity index (χ4v) is 2.28. The van der Waals surface area contributed by atoms with E-state index in [9.17, 15) is 4.39 Å². The first kappa shape index (κ1) is 14.0. The fraction of sp³-hybridized carbons (Fsp3) is 0.267. The van der Waals surface area contributed by atoms with E-state index in [1.807, 2.05) is 12.1 Å². The van der Waals surface area contributed by atoms with Gasteiger partial charge in [-0.05, 0) is 43.2 Å². The molecule has 1 unspecified atom stereocenters. The Morgan fingerprint density at radius 2 is 2.11 bits per heavy atom. The first-order valence-electron chi connectivity index (χ1n) is 6.24. The normalized spacial score (nSPS) is 12.2. The molecule has 0 spiro atoms. The van der Waals surface area contributed by atoms with Gasteiger partial charge < -0.3 is 5.32 Å². The molecule has 0 radical (unpaired) electrons. The van der Waals surface area contributed by atoms with E-state index in [1.54, 1.807) is 6.07 Å². The van der Waals surface area contributed by atoms with Gasteiger partial charge in [-0.15, -0.1) is 0 Å². The fourth-order valence-electron chi connectivity index (χ4n) is 1.92. The van der Waals surface area contributed by atoms with Gasteiger partial charge in [-0.1, -0.05) is 28.9 Å². The summed E-state index contributed by atoms with van der Waals surface area (Å²) in [5, 5.41) is 3.46. The first-order chi connectivity index (χ1) is 9.10. The summed E-state index contributed by atoms with van der Waals surface area (Å²) in [5.74, 6) is -0.308. The van der Waals surface area contributed by atoms with Crippen LogP contribution in [0.3, 0.4) is 0 Å². The predicted octanol–water partition coefficient (Wildman–Crippen LogP) is 4.85. The lowest BCUT2D eigenvalue weighted by Crippen LogP contribution is -2.12. The zero-order valence-electron chi connectivity index (χ0n) is 11.0. The number of nitrogens with one attached hydrogen (secondary N) is 1. The van der Waals surface area contributed by atoms with E-state index in [0.717, 1.165) is 22.3 Å². The molecule has 0 saturated carbocycles. The highest BCUT2D eigenvalue weighted by molar-refractivity contribution is 9.10. The van der Waals surface area contributed by atoms with E-state index in [1.165, 1.54) is 17.8 Å². The zero-order chi connectivity index (χ0) is 13.8. The van der Waals surface area contributed by atoms with Crippen LogP contribution < -0.4 is 5.32 Å². The molecule has 0 amide bonds. The van der Waals surface area contributed by atoms with Gasteiger partial charge in [0, 0.05) is 10.2 Å². The second kappa shape index (κ2) is 6.15. The van der Waals surface area contributed by atoms with E-state index in [2.05, 4.69) is 46.1 Å². The first-order valence-corrected chi connectivity index (χ1v) is 7.03.